The Hall–Kier alpha value is -4.44. The maximum atomic E-state index is 13.5. The number of anilines is 1. The Bertz CT molecular complexity index is 1500. The van der Waals surface area contributed by atoms with Gasteiger partial charge in [-0.2, -0.15) is 0 Å². The highest BCUT2D eigenvalue weighted by Crippen LogP contribution is 2.41. The summed E-state index contributed by atoms with van der Waals surface area (Å²) in [6.07, 6.45) is 8.72. The van der Waals surface area contributed by atoms with Crippen LogP contribution in [0.1, 0.15) is 50.3 Å². The summed E-state index contributed by atoms with van der Waals surface area (Å²) in [5, 5.41) is 16.0. The van der Waals surface area contributed by atoms with Crippen LogP contribution in [0.25, 0.3) is 6.08 Å². The van der Waals surface area contributed by atoms with Crippen molar-refractivity contribution in [1.82, 2.24) is 20.2 Å². The zero-order chi connectivity index (χ0) is 31.2. The molecule has 0 bridgehead atoms. The fourth-order valence-corrected chi connectivity index (χ4v) is 6.83. The lowest BCUT2D eigenvalue weighted by Gasteiger charge is -2.49. The lowest BCUT2D eigenvalue weighted by Crippen LogP contribution is -2.71. The number of nitrogens with zero attached hydrogens (tertiary/aromatic N) is 4. The number of nitrogens with one attached hydrogen (secondary N) is 1. The number of pyridine rings is 1. The Morgan fingerprint density at radius 1 is 1.23 bits per heavy atom. The summed E-state index contributed by atoms with van der Waals surface area (Å²) in [6.45, 7) is 1.38. The standard InChI is InChI=1S/C28H30N6O8S2/c1-15(41-28(38)42-18-7-3-2-4-8-18)40-26(37)22-17(10-9-16-6-5-11-30-12-16)13-43-25-21(24(36)34(22)25)32-23(35)20(33-39)19-14-44-27(29)31-19/h5-6,9-12,14-15,18,21,25,39H,2-4,7-8,13H2,1H3,(H2,29,31)(H,32,35)/b10-9-,33-20-/t15-,21+,25+/m0/s1. The molecule has 232 valence electrons. The van der Waals surface area contributed by atoms with Crippen LogP contribution in [0.2, 0.25) is 0 Å². The van der Waals surface area contributed by atoms with Crippen LogP contribution >= 0.6 is 23.1 Å². The lowest BCUT2D eigenvalue weighted by molar-refractivity contribution is -0.169. The molecule has 3 atom stereocenters. The number of fused-ring (bicyclic) bond motifs is 1. The second kappa shape index (κ2) is 13.9. The minimum absolute atomic E-state index is 0.0513. The second-order valence-electron chi connectivity index (χ2n) is 10.1. The van der Waals surface area contributed by atoms with E-state index in [0.29, 0.717) is 5.57 Å². The lowest BCUT2D eigenvalue weighted by atomic mass is 9.98. The molecule has 2 aromatic rings. The van der Waals surface area contributed by atoms with Crippen molar-refractivity contribution in [2.45, 2.75) is 62.8 Å². The van der Waals surface area contributed by atoms with E-state index in [1.54, 1.807) is 30.6 Å². The molecule has 2 aliphatic heterocycles. The van der Waals surface area contributed by atoms with Crippen molar-refractivity contribution in [3.05, 3.63) is 58.5 Å². The number of carbonyl (C=O) groups is 4. The molecule has 0 unspecified atom stereocenters. The smallest absolute Gasteiger partial charge is 0.431 e. The fourth-order valence-electron chi connectivity index (χ4n) is 4.96. The Morgan fingerprint density at radius 3 is 2.70 bits per heavy atom. The summed E-state index contributed by atoms with van der Waals surface area (Å²) in [7, 11) is 0. The van der Waals surface area contributed by atoms with Crippen LogP contribution in [0, 0.1) is 0 Å². The van der Waals surface area contributed by atoms with Crippen molar-refractivity contribution in [1.29, 1.82) is 0 Å². The number of hydrogen-bond donors (Lipinski definition) is 3. The summed E-state index contributed by atoms with van der Waals surface area (Å²) < 4.78 is 16.0. The average Bonchev–Trinajstić information content (AvgIpc) is 3.44. The number of oxime groups is 1. The molecule has 0 radical (unpaired) electrons. The van der Waals surface area contributed by atoms with Gasteiger partial charge in [-0.15, -0.1) is 23.1 Å². The number of rotatable bonds is 9. The molecule has 0 aromatic carbocycles. The molecule has 2 fully saturated rings. The number of carbonyl (C=O) groups excluding carboxylic acids is 4. The summed E-state index contributed by atoms with van der Waals surface area (Å²) in [6, 6.07) is 2.55. The Kier molecular flexibility index (Phi) is 9.79. The van der Waals surface area contributed by atoms with Gasteiger partial charge in [0.2, 0.25) is 6.29 Å². The largest absolute Gasteiger partial charge is 0.511 e. The molecule has 4 heterocycles. The third-order valence-corrected chi connectivity index (χ3v) is 9.05. The Labute approximate surface area is 260 Å². The highest BCUT2D eigenvalue weighted by atomic mass is 32.2. The van der Waals surface area contributed by atoms with E-state index < -0.39 is 47.4 Å². The monoisotopic (exact) mass is 642 g/mol. The maximum absolute atomic E-state index is 13.5. The van der Waals surface area contributed by atoms with E-state index >= 15 is 0 Å². The SMILES string of the molecule is C[C@H](OC(=O)OC1CCCCC1)OC(=O)C1=C(/C=C\c2cccnc2)CS[C@@H]2[C@H](NC(=O)/C(=N\O)c3csc(N)n3)C(=O)N12. The molecule has 1 saturated heterocycles. The number of thioether (sulfide) groups is 1. The van der Waals surface area contributed by atoms with Crippen LogP contribution in [0.5, 0.6) is 0 Å². The van der Waals surface area contributed by atoms with Gasteiger partial charge in [0.25, 0.3) is 11.8 Å². The first-order valence-electron chi connectivity index (χ1n) is 13.8. The van der Waals surface area contributed by atoms with Crippen LogP contribution in [0.3, 0.4) is 0 Å². The molecule has 4 N–H and O–H groups in total. The topological polar surface area (TPSA) is 196 Å². The van der Waals surface area contributed by atoms with Crippen molar-refractivity contribution in [2.24, 2.45) is 5.16 Å². The number of β-lactam (4-membered cyclic amide) rings is 1. The first-order valence-corrected chi connectivity index (χ1v) is 15.8. The summed E-state index contributed by atoms with van der Waals surface area (Å²) >= 11 is 2.37. The second-order valence-corrected chi connectivity index (χ2v) is 12.1. The number of aromatic nitrogens is 2. The molecule has 0 spiro atoms. The molecule has 1 saturated carbocycles. The summed E-state index contributed by atoms with van der Waals surface area (Å²) in [5.74, 6) is -2.04. The van der Waals surface area contributed by atoms with E-state index in [9.17, 15) is 24.4 Å². The van der Waals surface area contributed by atoms with Gasteiger partial charge in [-0.25, -0.2) is 14.6 Å². The molecule has 2 aromatic heterocycles. The molecular weight excluding hydrogens is 612 g/mol. The molecule has 16 heteroatoms. The normalized spacial score (nSPS) is 21.3. The van der Waals surface area contributed by atoms with E-state index in [1.165, 1.54) is 29.0 Å². The third kappa shape index (κ3) is 7.02. The summed E-state index contributed by atoms with van der Waals surface area (Å²) in [5.41, 5.74) is 6.45. The van der Waals surface area contributed by atoms with Gasteiger partial charge in [0.1, 0.15) is 28.9 Å². The zero-order valence-electron chi connectivity index (χ0n) is 23.6. The average molecular weight is 643 g/mol. The fraction of sp³-hybridized carbons (Fsp3) is 0.393. The van der Waals surface area contributed by atoms with E-state index in [-0.39, 0.29) is 28.4 Å². The quantitative estimate of drug-likeness (QED) is 0.0905. The number of amides is 2. The highest BCUT2D eigenvalue weighted by Gasteiger charge is 2.54. The van der Waals surface area contributed by atoms with Crippen molar-refractivity contribution in [3.8, 4) is 0 Å². The van der Waals surface area contributed by atoms with Gasteiger partial charge >= 0.3 is 12.1 Å². The molecule has 1 aliphatic carbocycles. The molecule has 2 amide bonds. The van der Waals surface area contributed by atoms with Gasteiger partial charge in [-0.3, -0.25) is 19.5 Å². The van der Waals surface area contributed by atoms with Crippen molar-refractivity contribution >= 4 is 64.0 Å². The highest BCUT2D eigenvalue weighted by molar-refractivity contribution is 8.00. The van der Waals surface area contributed by atoms with Gasteiger partial charge in [0, 0.05) is 30.5 Å². The van der Waals surface area contributed by atoms with E-state index in [4.69, 9.17) is 19.9 Å². The van der Waals surface area contributed by atoms with E-state index in [2.05, 4.69) is 20.4 Å². The number of nitrogen functional groups attached to an aromatic ring is 1. The van der Waals surface area contributed by atoms with Gasteiger partial charge in [0.15, 0.2) is 10.8 Å². The van der Waals surface area contributed by atoms with Gasteiger partial charge in [-0.1, -0.05) is 29.8 Å². The van der Waals surface area contributed by atoms with Crippen LogP contribution in [-0.2, 0) is 28.6 Å². The summed E-state index contributed by atoms with van der Waals surface area (Å²) in [4.78, 5) is 61.3. The number of ether oxygens (including phenoxy) is 3. The number of thiazole rings is 1. The Balaban J connectivity index is 1.31. The zero-order valence-corrected chi connectivity index (χ0v) is 25.2. The minimum atomic E-state index is -1.30. The first kappa shape index (κ1) is 31.0. The predicted octanol–water partition coefficient (Wildman–Crippen LogP) is 3.04. The maximum Gasteiger partial charge on any atom is 0.511 e. The van der Waals surface area contributed by atoms with Crippen LogP contribution in [0.15, 0.2) is 52.4 Å². The van der Waals surface area contributed by atoms with Crippen molar-refractivity contribution < 1.29 is 38.6 Å². The van der Waals surface area contributed by atoms with Crippen molar-refractivity contribution in [2.75, 3.05) is 11.5 Å². The minimum Gasteiger partial charge on any atom is -0.431 e. The number of hydrogen-bond acceptors (Lipinski definition) is 14. The van der Waals surface area contributed by atoms with Gasteiger partial charge < -0.3 is 30.5 Å². The number of allylic oxidation sites excluding steroid dienone is 1. The number of nitrogens with two attached hydrogens (primary N) is 1. The molecule has 3 aliphatic rings. The predicted molar refractivity (Wildman–Crippen MR) is 160 cm³/mol. The molecule has 5 rings (SSSR count). The number of esters is 1. The Morgan fingerprint density at radius 2 is 2.02 bits per heavy atom. The third-order valence-electron chi connectivity index (χ3n) is 7.07. The van der Waals surface area contributed by atoms with Crippen LogP contribution in [0.4, 0.5) is 9.93 Å². The molecule has 14 nitrogen and oxygen atoms in total. The first-order chi connectivity index (χ1) is 21.2. The van der Waals surface area contributed by atoms with E-state index in [0.717, 1.165) is 49.0 Å². The molecular formula is C28H30N6O8S2. The van der Waals surface area contributed by atoms with Crippen molar-refractivity contribution in [3.63, 3.8) is 0 Å². The molecule has 44 heavy (non-hydrogen) atoms. The van der Waals surface area contributed by atoms with Gasteiger partial charge in [-0.05, 0) is 42.9 Å². The van der Waals surface area contributed by atoms with E-state index in [1.807, 2.05) is 6.07 Å². The van der Waals surface area contributed by atoms with Gasteiger partial charge in [0.05, 0.1) is 0 Å². The van der Waals surface area contributed by atoms with Crippen LogP contribution in [-0.4, -0.2) is 79.3 Å². The van der Waals surface area contributed by atoms with Crippen LogP contribution < -0.4 is 11.1 Å².